The van der Waals surface area contributed by atoms with Crippen molar-refractivity contribution in [3.63, 3.8) is 0 Å². The number of hydrogen-bond acceptors (Lipinski definition) is 0. The highest BCUT2D eigenvalue weighted by atomic mass is 14.4. The normalized spacial score (nSPS) is 14.5. The fourth-order valence-electron chi connectivity index (χ4n) is 3.23. The van der Waals surface area contributed by atoms with Crippen molar-refractivity contribution in [1.29, 1.82) is 0 Å². The quantitative estimate of drug-likeness (QED) is 0.391. The topological polar surface area (TPSA) is 0 Å². The summed E-state index contributed by atoms with van der Waals surface area (Å²) < 4.78 is 0. The molecular formula is C33H64. The van der Waals surface area contributed by atoms with Crippen molar-refractivity contribution in [3.05, 3.63) is 35.4 Å². The van der Waals surface area contributed by atoms with Gasteiger partial charge in [0.25, 0.3) is 0 Å². The molecule has 0 spiro atoms. The lowest BCUT2D eigenvalue weighted by atomic mass is 9.84. The Kier molecular flexibility index (Phi) is 14.5. The van der Waals surface area contributed by atoms with E-state index >= 15 is 0 Å². The van der Waals surface area contributed by atoms with Gasteiger partial charge >= 0.3 is 0 Å². The van der Waals surface area contributed by atoms with Gasteiger partial charge in [0.1, 0.15) is 0 Å². The first kappa shape index (κ1) is 34.4. The number of hydrogen-bond donors (Lipinski definition) is 0. The lowest BCUT2D eigenvalue weighted by molar-refractivity contribution is 0.283. The molecule has 33 heavy (non-hydrogen) atoms. The molecule has 1 saturated carbocycles. The molecular weight excluding hydrogens is 396 g/mol. The second-order valence-corrected chi connectivity index (χ2v) is 15.4. The van der Waals surface area contributed by atoms with Crippen LogP contribution < -0.4 is 0 Å². The van der Waals surface area contributed by atoms with Crippen LogP contribution in [0.25, 0.3) is 0 Å². The van der Waals surface area contributed by atoms with Gasteiger partial charge in [-0.3, -0.25) is 0 Å². The Bertz CT molecular complexity index is 584. The lowest BCUT2D eigenvalue weighted by Gasteiger charge is -2.22. The maximum Gasteiger partial charge on any atom is -0.0132 e. The molecule has 0 bridgehead atoms. The minimum Gasteiger partial charge on any atom is -0.0628 e. The first-order chi connectivity index (χ1) is 14.5. The van der Waals surface area contributed by atoms with Crippen LogP contribution in [0.2, 0.25) is 0 Å². The van der Waals surface area contributed by atoms with Gasteiger partial charge in [0, 0.05) is 0 Å². The van der Waals surface area contributed by atoms with Gasteiger partial charge < -0.3 is 0 Å². The monoisotopic (exact) mass is 461 g/mol. The fourth-order valence-corrected chi connectivity index (χ4v) is 3.23. The minimum absolute atomic E-state index is 0.285. The van der Waals surface area contributed by atoms with Crippen molar-refractivity contribution >= 4 is 0 Å². The van der Waals surface area contributed by atoms with E-state index in [1.807, 2.05) is 0 Å². The molecule has 0 heteroatoms. The standard InChI is InChI=1S/C11H16.C8H18.C7H14.C7H16/c1-9-5-7-10(8-6-9)11(2,3)4;1-7(2)6-8(3,4)5;1-7(2,3)6-4-5-6;1-6(2)7(3,4)5/h5-8H,1-4H3;7H,6H2,1-5H3;6H,4-5H2,1-3H3;6H,1-5H3. The zero-order valence-corrected chi connectivity index (χ0v) is 26.2. The summed E-state index contributed by atoms with van der Waals surface area (Å²) in [5, 5.41) is 0. The molecule has 0 saturated heterocycles. The third-order valence-corrected chi connectivity index (χ3v) is 6.47. The predicted octanol–water partition coefficient (Wildman–Crippen LogP) is 11.5. The van der Waals surface area contributed by atoms with E-state index < -0.39 is 0 Å². The third kappa shape index (κ3) is 21.5. The average molecular weight is 461 g/mol. The summed E-state index contributed by atoms with van der Waals surface area (Å²) in [4.78, 5) is 0. The van der Waals surface area contributed by atoms with Crippen LogP contribution in [0.4, 0.5) is 0 Å². The number of benzene rings is 1. The summed E-state index contributed by atoms with van der Waals surface area (Å²) in [5.41, 5.74) is 4.66. The SMILES string of the molecule is CC(C)(C)C1CC1.CC(C)C(C)(C)C.CC(C)CC(C)(C)C.Cc1ccc(C(C)(C)C)cc1. The van der Waals surface area contributed by atoms with E-state index in [9.17, 15) is 0 Å². The van der Waals surface area contributed by atoms with Crippen LogP contribution in [0.1, 0.15) is 141 Å². The van der Waals surface area contributed by atoms with Crippen LogP contribution in [0, 0.1) is 40.9 Å². The Hall–Kier alpha value is -0.780. The lowest BCUT2D eigenvalue weighted by Crippen LogP contribution is -2.12. The summed E-state index contributed by atoms with van der Waals surface area (Å²) in [6, 6.07) is 8.74. The van der Waals surface area contributed by atoms with Gasteiger partial charge in [0.15, 0.2) is 0 Å². The zero-order valence-electron chi connectivity index (χ0n) is 26.2. The van der Waals surface area contributed by atoms with Gasteiger partial charge in [0.2, 0.25) is 0 Å². The van der Waals surface area contributed by atoms with Crippen molar-refractivity contribution in [1.82, 2.24) is 0 Å². The molecule has 0 aliphatic heterocycles. The van der Waals surface area contributed by atoms with Crippen molar-refractivity contribution in [2.24, 2.45) is 34.0 Å². The summed E-state index contributed by atoms with van der Waals surface area (Å²) in [7, 11) is 0. The van der Waals surface area contributed by atoms with Crippen LogP contribution in [-0.4, -0.2) is 0 Å². The fraction of sp³-hybridized carbons (Fsp3) is 0.818. The molecule has 0 heterocycles. The Labute approximate surface area is 211 Å². The molecule has 0 atom stereocenters. The van der Waals surface area contributed by atoms with E-state index in [-0.39, 0.29) is 5.41 Å². The van der Waals surface area contributed by atoms with E-state index in [4.69, 9.17) is 0 Å². The second kappa shape index (κ2) is 13.9. The van der Waals surface area contributed by atoms with Crippen molar-refractivity contribution in [2.75, 3.05) is 0 Å². The molecule has 0 unspecified atom stereocenters. The van der Waals surface area contributed by atoms with Crippen molar-refractivity contribution in [2.45, 2.75) is 142 Å². The van der Waals surface area contributed by atoms with Gasteiger partial charge in [0.05, 0.1) is 0 Å². The molecule has 1 aromatic rings. The van der Waals surface area contributed by atoms with Crippen LogP contribution in [0.15, 0.2) is 24.3 Å². The largest absolute Gasteiger partial charge is 0.0628 e. The molecule has 0 nitrogen and oxygen atoms in total. The Morgan fingerprint density at radius 3 is 1.18 bits per heavy atom. The minimum atomic E-state index is 0.285. The predicted molar refractivity (Wildman–Crippen MR) is 155 cm³/mol. The average Bonchev–Trinajstić information content (AvgIpc) is 3.37. The van der Waals surface area contributed by atoms with E-state index in [0.717, 1.165) is 17.8 Å². The van der Waals surface area contributed by atoms with E-state index in [0.29, 0.717) is 16.2 Å². The number of rotatable bonds is 1. The molecule has 1 aromatic carbocycles. The van der Waals surface area contributed by atoms with Crippen LogP contribution in [0.5, 0.6) is 0 Å². The van der Waals surface area contributed by atoms with Gasteiger partial charge in [-0.05, 0) is 71.2 Å². The smallest absolute Gasteiger partial charge is 0.0132 e. The summed E-state index contributed by atoms with van der Waals surface area (Å²) in [5.74, 6) is 2.69. The van der Waals surface area contributed by atoms with Gasteiger partial charge in [-0.25, -0.2) is 0 Å². The maximum absolute atomic E-state index is 2.32. The molecule has 2 rings (SSSR count). The van der Waals surface area contributed by atoms with Crippen LogP contribution in [-0.2, 0) is 5.41 Å². The first-order valence-corrected chi connectivity index (χ1v) is 13.5. The van der Waals surface area contributed by atoms with Gasteiger partial charge in [-0.15, -0.1) is 0 Å². The second-order valence-electron chi connectivity index (χ2n) is 15.4. The molecule has 196 valence electrons. The Morgan fingerprint density at radius 2 is 1.06 bits per heavy atom. The highest BCUT2D eigenvalue weighted by molar-refractivity contribution is 5.26. The molecule has 0 amide bonds. The summed E-state index contributed by atoms with van der Waals surface area (Å²) >= 11 is 0. The molecule has 0 N–H and O–H groups in total. The highest BCUT2D eigenvalue weighted by Gasteiger charge is 2.33. The molecule has 0 aromatic heterocycles. The Balaban J connectivity index is 0. The third-order valence-electron chi connectivity index (χ3n) is 6.47. The van der Waals surface area contributed by atoms with Gasteiger partial charge in [-0.1, -0.05) is 141 Å². The number of aryl methyl sites for hydroxylation is 1. The molecule has 1 aliphatic rings. The van der Waals surface area contributed by atoms with E-state index in [1.54, 1.807) is 0 Å². The Morgan fingerprint density at radius 1 is 0.697 bits per heavy atom. The molecule has 0 radical (unpaired) electrons. The van der Waals surface area contributed by atoms with Crippen molar-refractivity contribution in [3.8, 4) is 0 Å². The summed E-state index contributed by atoms with van der Waals surface area (Å²) in [6.07, 6.45) is 4.28. The first-order valence-electron chi connectivity index (χ1n) is 13.5. The van der Waals surface area contributed by atoms with Gasteiger partial charge in [-0.2, -0.15) is 0 Å². The summed E-state index contributed by atoms with van der Waals surface area (Å²) in [6.45, 7) is 38.5. The van der Waals surface area contributed by atoms with E-state index in [2.05, 4.69) is 142 Å². The zero-order chi connectivity index (χ0) is 26.8. The van der Waals surface area contributed by atoms with Crippen molar-refractivity contribution < 1.29 is 0 Å². The highest BCUT2D eigenvalue weighted by Crippen LogP contribution is 2.44. The van der Waals surface area contributed by atoms with Crippen LogP contribution in [0.3, 0.4) is 0 Å². The molecule has 1 aliphatic carbocycles. The van der Waals surface area contributed by atoms with Crippen LogP contribution >= 0.6 is 0 Å². The molecule has 1 fully saturated rings. The maximum atomic E-state index is 2.32. The van der Waals surface area contributed by atoms with E-state index in [1.165, 1.54) is 30.4 Å².